The maximum atomic E-state index is 12.7. The van der Waals surface area contributed by atoms with Gasteiger partial charge < -0.3 is 28.6 Å². The normalized spacial score (nSPS) is 13.3. The Bertz CT molecular complexity index is 1000. The lowest BCUT2D eigenvalue weighted by Gasteiger charge is -2.34. The van der Waals surface area contributed by atoms with Gasteiger partial charge in [0.15, 0.2) is 6.10 Å². The highest BCUT2D eigenvalue weighted by atomic mass is 16.6. The smallest absolute Gasteiger partial charge is 0.306 e. The zero-order valence-electron chi connectivity index (χ0n) is 36.3. The Hall–Kier alpha value is -2.45. The molecular formula is C47H85NO7. The number of carboxylic acid groups (broad SMARTS) is 1. The number of aliphatic carboxylic acids is 1. The second-order valence-corrected chi connectivity index (χ2v) is 16.3. The van der Waals surface area contributed by atoms with Crippen molar-refractivity contribution in [3.8, 4) is 0 Å². The lowest BCUT2D eigenvalue weighted by molar-refractivity contribution is -0.889. The molecule has 0 aliphatic carbocycles. The molecule has 2 unspecified atom stereocenters. The first-order chi connectivity index (χ1) is 26.6. The van der Waals surface area contributed by atoms with Crippen LogP contribution in [-0.4, -0.2) is 75.5 Å². The number of unbranched alkanes of at least 4 members (excludes halogenated alkanes) is 20. The zero-order valence-corrected chi connectivity index (χ0v) is 36.3. The number of allylic oxidation sites excluding steroid dienone is 6. The molecule has 320 valence electrons. The molecule has 0 fully saturated rings. The van der Waals surface area contributed by atoms with E-state index in [1.807, 2.05) is 0 Å². The van der Waals surface area contributed by atoms with Gasteiger partial charge in [0, 0.05) is 19.3 Å². The number of nitrogens with zero attached hydrogens (tertiary/aromatic N) is 1. The van der Waals surface area contributed by atoms with Crippen molar-refractivity contribution in [1.29, 1.82) is 0 Å². The number of hydrogen-bond acceptors (Lipinski definition) is 7. The van der Waals surface area contributed by atoms with Crippen LogP contribution in [0.5, 0.6) is 0 Å². The lowest BCUT2D eigenvalue weighted by atomic mass is 10.0. The molecule has 8 nitrogen and oxygen atoms in total. The summed E-state index contributed by atoms with van der Waals surface area (Å²) in [5.41, 5.74) is 0. The number of quaternary nitrogens is 1. The van der Waals surface area contributed by atoms with Gasteiger partial charge in [0.05, 0.1) is 40.3 Å². The van der Waals surface area contributed by atoms with Crippen LogP contribution in [0.15, 0.2) is 36.5 Å². The first kappa shape index (κ1) is 52.6. The summed E-state index contributed by atoms with van der Waals surface area (Å²) in [6.45, 7) is 4.55. The van der Waals surface area contributed by atoms with Crippen molar-refractivity contribution < 1.29 is 38.2 Å². The van der Waals surface area contributed by atoms with Gasteiger partial charge in [0.2, 0.25) is 0 Å². The average molecular weight is 776 g/mol. The van der Waals surface area contributed by atoms with Gasteiger partial charge in [-0.2, -0.15) is 0 Å². The molecule has 0 amide bonds. The highest BCUT2D eigenvalue weighted by Gasteiger charge is 2.25. The predicted octanol–water partition coefficient (Wildman–Crippen LogP) is 10.9. The number of esters is 2. The molecule has 0 radical (unpaired) electrons. The molecule has 0 bridgehead atoms. The van der Waals surface area contributed by atoms with E-state index in [1.54, 1.807) is 21.1 Å². The quantitative estimate of drug-likeness (QED) is 0.0264. The molecule has 0 heterocycles. The topological polar surface area (TPSA) is 102 Å². The molecule has 55 heavy (non-hydrogen) atoms. The molecule has 0 aromatic rings. The summed E-state index contributed by atoms with van der Waals surface area (Å²) in [4.78, 5) is 36.9. The fourth-order valence-electron chi connectivity index (χ4n) is 6.56. The monoisotopic (exact) mass is 776 g/mol. The Morgan fingerprint density at radius 1 is 0.564 bits per heavy atom. The maximum Gasteiger partial charge on any atom is 0.306 e. The molecule has 0 N–H and O–H groups in total. The highest BCUT2D eigenvalue weighted by Crippen LogP contribution is 2.15. The Morgan fingerprint density at radius 2 is 1.02 bits per heavy atom. The van der Waals surface area contributed by atoms with Crippen LogP contribution in [-0.2, 0) is 28.6 Å². The minimum atomic E-state index is -1.13. The number of rotatable bonds is 40. The molecule has 0 aliphatic rings. The highest BCUT2D eigenvalue weighted by molar-refractivity contribution is 5.70. The number of carbonyl (C=O) groups excluding carboxylic acids is 3. The van der Waals surface area contributed by atoms with Crippen molar-refractivity contribution >= 4 is 17.9 Å². The van der Waals surface area contributed by atoms with E-state index in [-0.39, 0.29) is 42.7 Å². The summed E-state index contributed by atoms with van der Waals surface area (Å²) in [7, 11) is 5.40. The molecule has 2 atom stereocenters. The number of likely N-dealkylation sites (N-methyl/N-ethyl adjacent to an activating group) is 1. The third-order valence-corrected chi connectivity index (χ3v) is 10.0. The molecule has 0 saturated heterocycles. The van der Waals surface area contributed by atoms with E-state index in [2.05, 4.69) is 50.3 Å². The van der Waals surface area contributed by atoms with E-state index in [0.29, 0.717) is 12.8 Å². The van der Waals surface area contributed by atoms with Crippen LogP contribution in [0.2, 0.25) is 0 Å². The van der Waals surface area contributed by atoms with E-state index in [1.165, 1.54) is 89.9 Å². The van der Waals surface area contributed by atoms with Crippen molar-refractivity contribution in [2.45, 2.75) is 206 Å². The van der Waals surface area contributed by atoms with Crippen LogP contribution in [0.4, 0.5) is 0 Å². The Labute approximate surface area is 338 Å². The second-order valence-electron chi connectivity index (χ2n) is 16.3. The fourth-order valence-corrected chi connectivity index (χ4v) is 6.56. The Balaban J connectivity index is 4.34. The van der Waals surface area contributed by atoms with Gasteiger partial charge in [0.25, 0.3) is 0 Å². The molecule has 0 spiro atoms. The number of carboxylic acids is 1. The third kappa shape index (κ3) is 36.9. The van der Waals surface area contributed by atoms with Crippen molar-refractivity contribution in [2.75, 3.05) is 41.0 Å². The van der Waals surface area contributed by atoms with E-state index >= 15 is 0 Å². The van der Waals surface area contributed by atoms with E-state index in [4.69, 9.17) is 14.2 Å². The fraction of sp³-hybridized carbons (Fsp3) is 0.809. The summed E-state index contributed by atoms with van der Waals surface area (Å²) in [5, 5.41) is 11.6. The van der Waals surface area contributed by atoms with Gasteiger partial charge in [0.1, 0.15) is 12.6 Å². The van der Waals surface area contributed by atoms with Crippen LogP contribution >= 0.6 is 0 Å². The summed E-state index contributed by atoms with van der Waals surface area (Å²) in [5.74, 6) is -1.74. The van der Waals surface area contributed by atoms with Crippen LogP contribution < -0.4 is 5.11 Å². The first-order valence-electron chi connectivity index (χ1n) is 22.5. The summed E-state index contributed by atoms with van der Waals surface area (Å²) in [6.07, 6.45) is 43.0. The van der Waals surface area contributed by atoms with Crippen LogP contribution in [0.25, 0.3) is 0 Å². The third-order valence-electron chi connectivity index (χ3n) is 10.0. The molecule has 0 aromatic heterocycles. The molecule has 0 rings (SSSR count). The number of ether oxygens (including phenoxy) is 3. The Morgan fingerprint density at radius 3 is 1.51 bits per heavy atom. The SMILES string of the molecule is CC/C=C/C/C=C/C/C=C/CCCCCCCCC(=O)OC(COCCC(C(=O)[O-])[N+](C)(C)C)COC(=O)CCCCCCCCCCCCCCCCC. The molecule has 0 aromatic carbocycles. The molecular weight excluding hydrogens is 691 g/mol. The lowest BCUT2D eigenvalue weighted by Crippen LogP contribution is -2.55. The van der Waals surface area contributed by atoms with Crippen molar-refractivity contribution in [3.05, 3.63) is 36.5 Å². The van der Waals surface area contributed by atoms with Crippen molar-refractivity contribution in [2.24, 2.45) is 0 Å². The maximum absolute atomic E-state index is 12.7. The second kappa shape index (κ2) is 38.4. The predicted molar refractivity (Wildman–Crippen MR) is 227 cm³/mol. The van der Waals surface area contributed by atoms with Crippen molar-refractivity contribution in [1.82, 2.24) is 0 Å². The summed E-state index contributed by atoms with van der Waals surface area (Å²) < 4.78 is 17.2. The van der Waals surface area contributed by atoms with Crippen molar-refractivity contribution in [3.63, 3.8) is 0 Å². The van der Waals surface area contributed by atoms with Gasteiger partial charge in [-0.05, 0) is 44.9 Å². The number of carbonyl (C=O) groups is 3. The Kier molecular flexibility index (Phi) is 36.7. The standard InChI is InChI=1S/C47H85NO7/c1-6-8-10-12-14-16-18-20-22-24-26-28-30-32-34-36-38-46(50)55-43(41-53-40-39-44(47(51)52)48(3,4)5)42-54-45(49)37-35-33-31-29-27-25-23-21-19-17-15-13-11-9-7-2/h8,10,14,16,20,22,43-44H,6-7,9,11-13,15,17-19,21,23-42H2,1-5H3/b10-8+,16-14+,22-20+. The van der Waals surface area contributed by atoms with Gasteiger partial charge in [-0.1, -0.05) is 166 Å². The van der Waals surface area contributed by atoms with Gasteiger partial charge in [-0.25, -0.2) is 0 Å². The zero-order chi connectivity index (χ0) is 40.7. The minimum absolute atomic E-state index is 0.0376. The van der Waals surface area contributed by atoms with Crippen LogP contribution in [0.1, 0.15) is 194 Å². The minimum Gasteiger partial charge on any atom is -0.544 e. The van der Waals surface area contributed by atoms with Gasteiger partial charge in [-0.3, -0.25) is 9.59 Å². The summed E-state index contributed by atoms with van der Waals surface area (Å²) >= 11 is 0. The molecule has 0 aliphatic heterocycles. The largest absolute Gasteiger partial charge is 0.544 e. The van der Waals surface area contributed by atoms with Gasteiger partial charge in [-0.15, -0.1) is 0 Å². The van der Waals surface area contributed by atoms with E-state index in [9.17, 15) is 19.5 Å². The van der Waals surface area contributed by atoms with Crippen LogP contribution in [0, 0.1) is 0 Å². The molecule has 0 saturated carbocycles. The average Bonchev–Trinajstić information content (AvgIpc) is 3.14. The number of hydrogen-bond donors (Lipinski definition) is 0. The molecule has 8 heteroatoms. The first-order valence-corrected chi connectivity index (χ1v) is 22.5. The van der Waals surface area contributed by atoms with Crippen LogP contribution in [0.3, 0.4) is 0 Å². The van der Waals surface area contributed by atoms with Gasteiger partial charge >= 0.3 is 11.9 Å². The summed E-state index contributed by atoms with van der Waals surface area (Å²) in [6, 6.07) is -0.726. The van der Waals surface area contributed by atoms with E-state index in [0.717, 1.165) is 70.6 Å². The van der Waals surface area contributed by atoms with E-state index < -0.39 is 18.1 Å².